The molecule has 2 rings (SSSR count). The molecule has 0 radical (unpaired) electrons. The van der Waals surface area contributed by atoms with E-state index < -0.39 is 0 Å². The van der Waals surface area contributed by atoms with Crippen LogP contribution in [0.1, 0.15) is 11.1 Å². The van der Waals surface area contributed by atoms with Crippen molar-refractivity contribution in [3.05, 3.63) is 58.4 Å². The van der Waals surface area contributed by atoms with Gasteiger partial charge in [-0.2, -0.15) is 0 Å². The molecule has 2 aromatic carbocycles. The third kappa shape index (κ3) is 3.40. The maximum Gasteiger partial charge on any atom is 0.129 e. The smallest absolute Gasteiger partial charge is 0.129 e. The van der Waals surface area contributed by atoms with Crippen LogP contribution < -0.4 is 9.47 Å². The Morgan fingerprint density at radius 3 is 2.65 bits per heavy atom. The average molecular weight is 297 g/mol. The minimum atomic E-state index is -0.374. The number of hydrogen-bond acceptors (Lipinski definition) is 3. The zero-order valence-corrected chi connectivity index (χ0v) is 11.7. The zero-order valence-electron chi connectivity index (χ0n) is 10.9. The summed E-state index contributed by atoms with van der Waals surface area (Å²) in [6.45, 7) is -0.0486. The average Bonchev–Trinajstić information content (AvgIpc) is 2.47. The van der Waals surface area contributed by atoms with E-state index in [4.69, 9.17) is 21.1 Å². The van der Waals surface area contributed by atoms with Crippen molar-refractivity contribution in [3.8, 4) is 11.5 Å². The van der Waals surface area contributed by atoms with Crippen molar-refractivity contribution in [2.24, 2.45) is 0 Å². The molecule has 106 valence electrons. The van der Waals surface area contributed by atoms with Crippen LogP contribution in [0.5, 0.6) is 11.5 Å². The fourth-order valence-electron chi connectivity index (χ4n) is 1.74. The summed E-state index contributed by atoms with van der Waals surface area (Å²) in [6, 6.07) is 9.19. The van der Waals surface area contributed by atoms with Crippen molar-refractivity contribution in [1.29, 1.82) is 0 Å². The molecule has 0 bridgehead atoms. The lowest BCUT2D eigenvalue weighted by Crippen LogP contribution is -2.00. The quantitative estimate of drug-likeness (QED) is 0.917. The van der Waals surface area contributed by atoms with E-state index in [1.165, 1.54) is 18.2 Å². The van der Waals surface area contributed by atoms with Crippen LogP contribution in [0.3, 0.4) is 0 Å². The summed E-state index contributed by atoms with van der Waals surface area (Å²) in [6.07, 6.45) is 0. The first-order valence-corrected chi connectivity index (χ1v) is 6.36. The fraction of sp³-hybridized carbons (Fsp3) is 0.200. The molecule has 5 heteroatoms. The van der Waals surface area contributed by atoms with E-state index in [-0.39, 0.29) is 19.0 Å². The van der Waals surface area contributed by atoms with Crippen molar-refractivity contribution < 1.29 is 19.0 Å². The number of aliphatic hydroxyl groups is 1. The van der Waals surface area contributed by atoms with E-state index in [0.717, 1.165) is 0 Å². The van der Waals surface area contributed by atoms with Gasteiger partial charge in [0.25, 0.3) is 0 Å². The highest BCUT2D eigenvalue weighted by Gasteiger charge is 2.08. The largest absolute Gasteiger partial charge is 0.497 e. The number of rotatable bonds is 5. The van der Waals surface area contributed by atoms with Gasteiger partial charge in [0.05, 0.1) is 13.7 Å². The predicted octanol–water partition coefficient (Wildman–Crippen LogP) is 3.56. The van der Waals surface area contributed by atoms with Crippen LogP contribution in [0.25, 0.3) is 0 Å². The second-order valence-electron chi connectivity index (χ2n) is 4.16. The summed E-state index contributed by atoms with van der Waals surface area (Å²) in [4.78, 5) is 0. The number of benzene rings is 2. The van der Waals surface area contributed by atoms with E-state index >= 15 is 0 Å². The molecule has 0 unspecified atom stereocenters. The van der Waals surface area contributed by atoms with Crippen LogP contribution in [0.4, 0.5) is 4.39 Å². The molecule has 0 amide bonds. The fourth-order valence-corrected chi connectivity index (χ4v) is 1.91. The molecule has 0 spiro atoms. The second kappa shape index (κ2) is 6.59. The number of aliphatic hydroxyl groups excluding tert-OH is 1. The van der Waals surface area contributed by atoms with Crippen LogP contribution in [-0.2, 0) is 13.2 Å². The summed E-state index contributed by atoms with van der Waals surface area (Å²) in [5.74, 6) is 0.718. The van der Waals surface area contributed by atoms with Gasteiger partial charge in [0.15, 0.2) is 0 Å². The van der Waals surface area contributed by atoms with Crippen LogP contribution >= 0.6 is 11.6 Å². The van der Waals surface area contributed by atoms with Crippen molar-refractivity contribution in [2.75, 3.05) is 7.11 Å². The molecule has 0 atom stereocenters. The minimum Gasteiger partial charge on any atom is -0.497 e. The molecule has 0 aliphatic heterocycles. The van der Waals surface area contributed by atoms with Crippen LogP contribution in [0.15, 0.2) is 36.4 Å². The van der Waals surface area contributed by atoms with Crippen LogP contribution in [-0.4, -0.2) is 12.2 Å². The number of methoxy groups -OCH3 is 1. The monoisotopic (exact) mass is 296 g/mol. The SMILES string of the molecule is COc1ccc(CO)c(OCc2cc(F)ccc2Cl)c1. The highest BCUT2D eigenvalue weighted by Crippen LogP contribution is 2.27. The highest BCUT2D eigenvalue weighted by atomic mass is 35.5. The van der Waals surface area contributed by atoms with Gasteiger partial charge in [-0.1, -0.05) is 11.6 Å². The lowest BCUT2D eigenvalue weighted by atomic mass is 10.2. The molecule has 20 heavy (non-hydrogen) atoms. The van der Waals surface area contributed by atoms with Gasteiger partial charge in [0.2, 0.25) is 0 Å². The van der Waals surface area contributed by atoms with Crippen molar-refractivity contribution in [2.45, 2.75) is 13.2 Å². The molecular formula is C15H14ClFO3. The molecular weight excluding hydrogens is 283 g/mol. The Balaban J connectivity index is 2.19. The number of hydrogen-bond donors (Lipinski definition) is 1. The van der Waals surface area contributed by atoms with Crippen molar-refractivity contribution >= 4 is 11.6 Å². The van der Waals surface area contributed by atoms with Crippen LogP contribution in [0, 0.1) is 5.82 Å². The Hall–Kier alpha value is -1.78. The summed E-state index contributed by atoms with van der Waals surface area (Å²) >= 11 is 5.97. The van der Waals surface area contributed by atoms with E-state index in [9.17, 15) is 9.50 Å². The topological polar surface area (TPSA) is 38.7 Å². The Labute approximate surface area is 121 Å². The van der Waals surface area contributed by atoms with E-state index in [1.807, 2.05) is 0 Å². The first-order valence-electron chi connectivity index (χ1n) is 5.98. The number of halogens is 2. The maximum atomic E-state index is 13.2. The molecule has 0 heterocycles. The van der Waals surface area contributed by atoms with Gasteiger partial charge in [-0.3, -0.25) is 0 Å². The first kappa shape index (κ1) is 14.6. The third-order valence-corrected chi connectivity index (χ3v) is 3.20. The molecule has 0 aliphatic carbocycles. The molecule has 0 fully saturated rings. The normalized spacial score (nSPS) is 10.4. The van der Waals surface area contributed by atoms with Gasteiger partial charge >= 0.3 is 0 Å². The molecule has 3 nitrogen and oxygen atoms in total. The van der Waals surface area contributed by atoms with E-state index in [1.54, 1.807) is 25.3 Å². The Kier molecular flexibility index (Phi) is 4.82. The lowest BCUT2D eigenvalue weighted by Gasteiger charge is -2.12. The molecule has 1 N–H and O–H groups in total. The Morgan fingerprint density at radius 2 is 1.95 bits per heavy atom. The third-order valence-electron chi connectivity index (χ3n) is 2.84. The highest BCUT2D eigenvalue weighted by molar-refractivity contribution is 6.31. The molecule has 0 saturated carbocycles. The molecule has 0 aromatic heterocycles. The predicted molar refractivity (Wildman–Crippen MR) is 74.7 cm³/mol. The second-order valence-corrected chi connectivity index (χ2v) is 4.56. The summed E-state index contributed by atoms with van der Waals surface area (Å²) in [5, 5.41) is 9.70. The minimum absolute atomic E-state index is 0.108. The Bertz CT molecular complexity index is 602. The van der Waals surface area contributed by atoms with Gasteiger partial charge < -0.3 is 14.6 Å². The molecule has 0 aliphatic rings. The summed E-state index contributed by atoms with van der Waals surface area (Å²) in [7, 11) is 1.54. The zero-order chi connectivity index (χ0) is 14.5. The molecule has 2 aromatic rings. The van der Waals surface area contributed by atoms with Gasteiger partial charge in [-0.25, -0.2) is 4.39 Å². The van der Waals surface area contributed by atoms with E-state index in [0.29, 0.717) is 27.6 Å². The lowest BCUT2D eigenvalue weighted by molar-refractivity contribution is 0.258. The maximum absolute atomic E-state index is 13.2. The Morgan fingerprint density at radius 1 is 1.15 bits per heavy atom. The van der Waals surface area contributed by atoms with Crippen molar-refractivity contribution in [3.63, 3.8) is 0 Å². The van der Waals surface area contributed by atoms with Gasteiger partial charge in [-0.15, -0.1) is 0 Å². The van der Waals surface area contributed by atoms with Gasteiger partial charge in [0, 0.05) is 22.2 Å². The summed E-state index contributed by atoms with van der Waals surface area (Å²) in [5.41, 5.74) is 1.16. The van der Waals surface area contributed by atoms with Crippen molar-refractivity contribution in [1.82, 2.24) is 0 Å². The summed E-state index contributed by atoms with van der Waals surface area (Å²) < 4.78 is 23.9. The number of ether oxygens (including phenoxy) is 2. The van der Waals surface area contributed by atoms with Gasteiger partial charge in [0.1, 0.15) is 23.9 Å². The van der Waals surface area contributed by atoms with Crippen LogP contribution in [0.2, 0.25) is 5.02 Å². The standard InChI is InChI=1S/C15H14ClFO3/c1-19-13-4-2-10(8-18)15(7-13)20-9-11-6-12(17)3-5-14(11)16/h2-7,18H,8-9H2,1H3. The first-order chi connectivity index (χ1) is 9.63. The van der Waals surface area contributed by atoms with E-state index in [2.05, 4.69) is 0 Å². The molecule has 0 saturated heterocycles. The van der Waals surface area contributed by atoms with Gasteiger partial charge in [-0.05, 0) is 30.3 Å².